The quantitative estimate of drug-likeness (QED) is 0.765. The molecule has 0 N–H and O–H groups in total. The average molecular weight is 376 g/mol. The minimum absolute atomic E-state index is 0.213. The summed E-state index contributed by atoms with van der Waals surface area (Å²) >= 11 is 0. The van der Waals surface area contributed by atoms with E-state index in [0.717, 1.165) is 25.0 Å². The molecule has 0 aromatic heterocycles. The van der Waals surface area contributed by atoms with Crippen molar-refractivity contribution in [1.29, 1.82) is 0 Å². The molecule has 2 aliphatic heterocycles. The molecule has 27 heavy (non-hydrogen) atoms. The molecule has 1 spiro atoms. The van der Waals surface area contributed by atoms with E-state index in [9.17, 15) is 4.79 Å². The Morgan fingerprint density at radius 1 is 1.26 bits per heavy atom. The summed E-state index contributed by atoms with van der Waals surface area (Å²) in [5.74, 6) is 1.29. The number of para-hydroxylation sites is 1. The zero-order valence-electron chi connectivity index (χ0n) is 17.3. The van der Waals surface area contributed by atoms with Gasteiger partial charge in [0.1, 0.15) is 17.0 Å². The van der Waals surface area contributed by atoms with Crippen molar-refractivity contribution in [2.45, 2.75) is 77.1 Å². The topological polar surface area (TPSA) is 48.0 Å². The van der Waals surface area contributed by atoms with E-state index in [1.165, 1.54) is 5.56 Å². The third-order valence-electron chi connectivity index (χ3n) is 5.26. The van der Waals surface area contributed by atoms with Gasteiger partial charge in [0.25, 0.3) is 0 Å². The molecule has 5 heteroatoms. The van der Waals surface area contributed by atoms with Crippen molar-refractivity contribution < 1.29 is 19.0 Å². The first kappa shape index (κ1) is 20.0. The van der Waals surface area contributed by atoms with E-state index in [1.54, 1.807) is 4.90 Å². The molecule has 1 aromatic rings. The van der Waals surface area contributed by atoms with Crippen LogP contribution in [0.15, 0.2) is 24.3 Å². The minimum Gasteiger partial charge on any atom is -0.487 e. The van der Waals surface area contributed by atoms with E-state index in [0.29, 0.717) is 25.6 Å². The van der Waals surface area contributed by atoms with Gasteiger partial charge in [0.05, 0.1) is 12.7 Å². The van der Waals surface area contributed by atoms with Crippen LogP contribution in [0.5, 0.6) is 5.75 Å². The van der Waals surface area contributed by atoms with Gasteiger partial charge in [-0.1, -0.05) is 18.2 Å². The number of rotatable bonds is 3. The molecule has 1 aromatic carbocycles. The second-order valence-electron chi connectivity index (χ2n) is 9.07. The van der Waals surface area contributed by atoms with Crippen LogP contribution in [0.1, 0.15) is 65.4 Å². The smallest absolute Gasteiger partial charge is 0.410 e. The van der Waals surface area contributed by atoms with Gasteiger partial charge in [0.2, 0.25) is 0 Å². The van der Waals surface area contributed by atoms with Crippen LogP contribution in [-0.2, 0) is 9.47 Å². The molecular formula is C22H33NO4. The summed E-state index contributed by atoms with van der Waals surface area (Å²) in [5.41, 5.74) is 0.544. The lowest BCUT2D eigenvalue weighted by Crippen LogP contribution is -2.52. The van der Waals surface area contributed by atoms with Crippen molar-refractivity contribution in [3.63, 3.8) is 0 Å². The number of ether oxygens (including phenoxy) is 3. The average Bonchev–Trinajstić information content (AvgIpc) is 2.58. The molecule has 1 unspecified atom stereocenters. The van der Waals surface area contributed by atoms with Gasteiger partial charge in [-0.05, 0) is 52.7 Å². The number of hydrogen-bond donors (Lipinski definition) is 0. The fourth-order valence-corrected chi connectivity index (χ4v) is 3.93. The molecule has 2 heterocycles. The molecule has 150 valence electrons. The van der Waals surface area contributed by atoms with Gasteiger partial charge in [0, 0.05) is 31.8 Å². The minimum atomic E-state index is -0.466. The zero-order valence-corrected chi connectivity index (χ0v) is 17.3. The lowest BCUT2D eigenvalue weighted by molar-refractivity contribution is -0.0425. The number of nitrogens with zero attached hydrogens (tertiary/aromatic N) is 1. The van der Waals surface area contributed by atoms with Crippen molar-refractivity contribution >= 4 is 6.09 Å². The SMILES string of the molecule is CC(C)OCC1CC2(CCN(C(=O)OC(C)(C)C)CC2)Oc2ccccc21. The van der Waals surface area contributed by atoms with E-state index >= 15 is 0 Å². The van der Waals surface area contributed by atoms with Gasteiger partial charge < -0.3 is 19.1 Å². The van der Waals surface area contributed by atoms with E-state index in [1.807, 2.05) is 26.8 Å². The summed E-state index contributed by atoms with van der Waals surface area (Å²) in [7, 11) is 0. The number of amides is 1. The van der Waals surface area contributed by atoms with Gasteiger partial charge in [-0.3, -0.25) is 0 Å². The summed E-state index contributed by atoms with van der Waals surface area (Å²) in [6.45, 7) is 11.9. The molecule has 0 saturated carbocycles. The summed E-state index contributed by atoms with van der Waals surface area (Å²) in [4.78, 5) is 14.2. The third kappa shape index (κ3) is 4.95. The molecule has 0 radical (unpaired) electrons. The zero-order chi connectivity index (χ0) is 19.7. The molecule has 1 fully saturated rings. The Balaban J connectivity index is 1.69. The highest BCUT2D eigenvalue weighted by atomic mass is 16.6. The number of likely N-dealkylation sites (tertiary alicyclic amines) is 1. The maximum atomic E-state index is 12.4. The maximum absolute atomic E-state index is 12.4. The van der Waals surface area contributed by atoms with Gasteiger partial charge in [-0.25, -0.2) is 4.79 Å². The van der Waals surface area contributed by atoms with Crippen molar-refractivity contribution in [1.82, 2.24) is 4.90 Å². The highest BCUT2D eigenvalue weighted by molar-refractivity contribution is 5.68. The van der Waals surface area contributed by atoms with Crippen molar-refractivity contribution in [3.05, 3.63) is 29.8 Å². The molecule has 1 atom stereocenters. The largest absolute Gasteiger partial charge is 0.487 e. The normalized spacial score (nSPS) is 21.7. The van der Waals surface area contributed by atoms with Gasteiger partial charge in [-0.2, -0.15) is 0 Å². The Labute approximate surface area is 163 Å². The predicted octanol–water partition coefficient (Wildman–Crippen LogP) is 4.75. The van der Waals surface area contributed by atoms with Gasteiger partial charge in [0.15, 0.2) is 0 Å². The van der Waals surface area contributed by atoms with E-state index in [2.05, 4.69) is 32.0 Å². The second kappa shape index (κ2) is 7.70. The number of fused-ring (bicyclic) bond motifs is 1. The number of carbonyl (C=O) groups is 1. The maximum Gasteiger partial charge on any atom is 0.410 e. The molecule has 5 nitrogen and oxygen atoms in total. The molecule has 1 saturated heterocycles. The highest BCUT2D eigenvalue weighted by Crippen LogP contribution is 2.45. The van der Waals surface area contributed by atoms with E-state index in [4.69, 9.17) is 14.2 Å². The Kier molecular flexibility index (Phi) is 5.71. The van der Waals surface area contributed by atoms with Crippen molar-refractivity contribution in [2.75, 3.05) is 19.7 Å². The number of carbonyl (C=O) groups excluding carboxylic acids is 1. The summed E-state index contributed by atoms with van der Waals surface area (Å²) in [6, 6.07) is 8.28. The molecule has 0 bridgehead atoms. The summed E-state index contributed by atoms with van der Waals surface area (Å²) < 4.78 is 18.0. The third-order valence-corrected chi connectivity index (χ3v) is 5.26. The standard InChI is InChI=1S/C22H33NO4/c1-16(2)25-15-17-14-22(26-19-9-7-6-8-18(17)19)10-12-23(13-11-22)20(24)27-21(3,4)5/h6-9,16-17H,10-15H2,1-5H3. The Bertz CT molecular complexity index is 657. The van der Waals surface area contributed by atoms with Crippen molar-refractivity contribution in [2.24, 2.45) is 0 Å². The van der Waals surface area contributed by atoms with Gasteiger partial charge in [-0.15, -0.1) is 0 Å². The van der Waals surface area contributed by atoms with Crippen LogP contribution < -0.4 is 4.74 Å². The monoisotopic (exact) mass is 375 g/mol. The fourth-order valence-electron chi connectivity index (χ4n) is 3.93. The highest BCUT2D eigenvalue weighted by Gasteiger charge is 2.44. The lowest BCUT2D eigenvalue weighted by atomic mass is 9.77. The van der Waals surface area contributed by atoms with Crippen molar-refractivity contribution in [3.8, 4) is 5.75 Å². The molecular weight excluding hydrogens is 342 g/mol. The predicted molar refractivity (Wildman–Crippen MR) is 105 cm³/mol. The van der Waals surface area contributed by atoms with Crippen LogP contribution in [-0.4, -0.2) is 48.0 Å². The Hall–Kier alpha value is -1.75. The number of hydrogen-bond acceptors (Lipinski definition) is 4. The number of piperidine rings is 1. The van der Waals surface area contributed by atoms with Crippen LogP contribution in [0.25, 0.3) is 0 Å². The first-order valence-electron chi connectivity index (χ1n) is 10.0. The fraction of sp³-hybridized carbons (Fsp3) is 0.682. The summed E-state index contributed by atoms with van der Waals surface area (Å²) in [6.07, 6.45) is 2.55. The second-order valence-corrected chi connectivity index (χ2v) is 9.07. The van der Waals surface area contributed by atoms with Crippen LogP contribution >= 0.6 is 0 Å². The first-order chi connectivity index (χ1) is 12.7. The molecule has 1 amide bonds. The Morgan fingerprint density at radius 3 is 2.56 bits per heavy atom. The lowest BCUT2D eigenvalue weighted by Gasteiger charge is -2.47. The molecule has 3 rings (SSSR count). The molecule has 2 aliphatic rings. The molecule has 0 aliphatic carbocycles. The van der Waals surface area contributed by atoms with Crippen LogP contribution in [0.3, 0.4) is 0 Å². The first-order valence-corrected chi connectivity index (χ1v) is 10.0. The Morgan fingerprint density at radius 2 is 1.93 bits per heavy atom. The van der Waals surface area contributed by atoms with E-state index < -0.39 is 5.60 Å². The summed E-state index contributed by atoms with van der Waals surface area (Å²) in [5, 5.41) is 0. The number of benzene rings is 1. The van der Waals surface area contributed by atoms with Crippen LogP contribution in [0, 0.1) is 0 Å². The van der Waals surface area contributed by atoms with Crippen LogP contribution in [0.4, 0.5) is 4.79 Å². The van der Waals surface area contributed by atoms with Gasteiger partial charge >= 0.3 is 6.09 Å². The van der Waals surface area contributed by atoms with E-state index in [-0.39, 0.29) is 17.8 Å². The van der Waals surface area contributed by atoms with Crippen LogP contribution in [0.2, 0.25) is 0 Å².